The number of rotatable bonds is 2. The molecule has 16 heavy (non-hydrogen) atoms. The standard InChI is InChI=1S/C9H16N2O4S/c1-15-4-9(12)11-3-2-10-7-5-16(13,14)6-8(7)11/h7-8,10H,2-6H2,1H3. The minimum Gasteiger partial charge on any atom is -0.375 e. The van der Waals surface area contributed by atoms with Gasteiger partial charge in [-0.2, -0.15) is 0 Å². The maximum atomic E-state index is 11.7. The van der Waals surface area contributed by atoms with Gasteiger partial charge in [0.1, 0.15) is 6.61 Å². The molecule has 0 radical (unpaired) electrons. The molecule has 0 bridgehead atoms. The van der Waals surface area contributed by atoms with Gasteiger partial charge in [-0.3, -0.25) is 4.79 Å². The van der Waals surface area contributed by atoms with E-state index in [2.05, 4.69) is 5.32 Å². The molecule has 92 valence electrons. The Morgan fingerprint density at radius 3 is 2.94 bits per heavy atom. The van der Waals surface area contributed by atoms with Gasteiger partial charge in [0.15, 0.2) is 9.84 Å². The van der Waals surface area contributed by atoms with Crippen LogP contribution in [0.15, 0.2) is 0 Å². The molecule has 0 aromatic carbocycles. The first kappa shape index (κ1) is 11.8. The van der Waals surface area contributed by atoms with Crippen LogP contribution in [0.3, 0.4) is 0 Å². The first-order valence-electron chi connectivity index (χ1n) is 5.26. The molecular formula is C9H16N2O4S. The zero-order valence-corrected chi connectivity index (χ0v) is 10.00. The Labute approximate surface area is 94.9 Å². The first-order valence-corrected chi connectivity index (χ1v) is 7.08. The third-order valence-electron chi connectivity index (χ3n) is 3.07. The number of nitrogens with zero attached hydrogens (tertiary/aromatic N) is 1. The number of hydrogen-bond donors (Lipinski definition) is 1. The van der Waals surface area contributed by atoms with Gasteiger partial charge in [-0.1, -0.05) is 0 Å². The highest BCUT2D eigenvalue weighted by atomic mass is 32.2. The quantitative estimate of drug-likeness (QED) is 0.626. The Bertz CT molecular complexity index is 381. The maximum Gasteiger partial charge on any atom is 0.248 e. The van der Waals surface area contributed by atoms with E-state index in [0.717, 1.165) is 0 Å². The molecule has 2 fully saturated rings. The topological polar surface area (TPSA) is 75.7 Å². The molecular weight excluding hydrogens is 232 g/mol. The van der Waals surface area contributed by atoms with Gasteiger partial charge in [-0.25, -0.2) is 8.42 Å². The van der Waals surface area contributed by atoms with E-state index in [1.165, 1.54) is 7.11 Å². The second kappa shape index (κ2) is 4.31. The number of amides is 1. The van der Waals surface area contributed by atoms with Gasteiger partial charge >= 0.3 is 0 Å². The molecule has 2 unspecified atom stereocenters. The van der Waals surface area contributed by atoms with Crippen molar-refractivity contribution in [3.8, 4) is 0 Å². The fourth-order valence-corrected chi connectivity index (χ4v) is 4.34. The highest BCUT2D eigenvalue weighted by Gasteiger charge is 2.44. The molecule has 1 N–H and O–H groups in total. The molecule has 2 atom stereocenters. The molecule has 2 saturated heterocycles. The Balaban J connectivity index is 2.13. The number of hydrogen-bond acceptors (Lipinski definition) is 5. The summed E-state index contributed by atoms with van der Waals surface area (Å²) in [5, 5.41) is 3.15. The Kier molecular flexibility index (Phi) is 3.18. The van der Waals surface area contributed by atoms with Crippen molar-refractivity contribution in [2.24, 2.45) is 0 Å². The van der Waals surface area contributed by atoms with Crippen molar-refractivity contribution in [2.45, 2.75) is 12.1 Å². The van der Waals surface area contributed by atoms with Crippen molar-refractivity contribution in [1.82, 2.24) is 10.2 Å². The molecule has 0 aromatic heterocycles. The van der Waals surface area contributed by atoms with Crippen molar-refractivity contribution in [1.29, 1.82) is 0 Å². The van der Waals surface area contributed by atoms with Crippen LogP contribution in [0.4, 0.5) is 0 Å². The molecule has 6 nitrogen and oxygen atoms in total. The van der Waals surface area contributed by atoms with Crippen LogP contribution in [0.2, 0.25) is 0 Å². The summed E-state index contributed by atoms with van der Waals surface area (Å²) in [6.07, 6.45) is 0. The molecule has 0 saturated carbocycles. The SMILES string of the molecule is COCC(=O)N1CCNC2CS(=O)(=O)CC21. The van der Waals surface area contributed by atoms with Crippen molar-refractivity contribution in [3.63, 3.8) is 0 Å². The number of carbonyl (C=O) groups is 1. The van der Waals surface area contributed by atoms with E-state index in [1.807, 2.05) is 0 Å². The lowest BCUT2D eigenvalue weighted by molar-refractivity contribution is -0.138. The minimum absolute atomic E-state index is 0.0171. The predicted molar refractivity (Wildman–Crippen MR) is 57.8 cm³/mol. The summed E-state index contributed by atoms with van der Waals surface area (Å²) in [4.78, 5) is 13.4. The smallest absolute Gasteiger partial charge is 0.248 e. The molecule has 2 heterocycles. The van der Waals surface area contributed by atoms with Gasteiger partial charge in [-0.15, -0.1) is 0 Å². The van der Waals surface area contributed by atoms with E-state index in [0.29, 0.717) is 13.1 Å². The number of carbonyl (C=O) groups excluding carboxylic acids is 1. The Morgan fingerprint density at radius 1 is 1.50 bits per heavy atom. The lowest BCUT2D eigenvalue weighted by Gasteiger charge is -2.37. The van der Waals surface area contributed by atoms with Crippen molar-refractivity contribution in [2.75, 3.05) is 38.3 Å². The first-order chi connectivity index (χ1) is 7.53. The lowest BCUT2D eigenvalue weighted by Crippen LogP contribution is -2.59. The van der Waals surface area contributed by atoms with Crippen LogP contribution in [-0.2, 0) is 19.4 Å². The van der Waals surface area contributed by atoms with Crippen molar-refractivity contribution in [3.05, 3.63) is 0 Å². The second-order valence-corrected chi connectivity index (χ2v) is 6.38. The normalized spacial score (nSPS) is 32.4. The summed E-state index contributed by atoms with van der Waals surface area (Å²) < 4.78 is 27.8. The average molecular weight is 248 g/mol. The number of ether oxygens (including phenoxy) is 1. The maximum absolute atomic E-state index is 11.7. The van der Waals surface area contributed by atoms with Gasteiger partial charge in [0.2, 0.25) is 5.91 Å². The fraction of sp³-hybridized carbons (Fsp3) is 0.889. The Morgan fingerprint density at radius 2 is 2.25 bits per heavy atom. The Hall–Kier alpha value is -0.660. The van der Waals surface area contributed by atoms with Gasteiger partial charge in [0.05, 0.1) is 17.5 Å². The van der Waals surface area contributed by atoms with E-state index in [9.17, 15) is 13.2 Å². The molecule has 2 aliphatic heterocycles. The van der Waals surface area contributed by atoms with Crippen LogP contribution >= 0.6 is 0 Å². The van der Waals surface area contributed by atoms with Crippen LogP contribution in [0.25, 0.3) is 0 Å². The van der Waals surface area contributed by atoms with Crippen LogP contribution < -0.4 is 5.32 Å². The fourth-order valence-electron chi connectivity index (χ4n) is 2.38. The number of methoxy groups -OCH3 is 1. The van der Waals surface area contributed by atoms with Crippen molar-refractivity contribution >= 4 is 15.7 Å². The monoisotopic (exact) mass is 248 g/mol. The highest BCUT2D eigenvalue weighted by Crippen LogP contribution is 2.21. The zero-order chi connectivity index (χ0) is 11.8. The van der Waals surface area contributed by atoms with Gasteiger partial charge in [0, 0.05) is 26.2 Å². The minimum atomic E-state index is -3.01. The summed E-state index contributed by atoms with van der Waals surface area (Å²) in [5.41, 5.74) is 0. The van der Waals surface area contributed by atoms with Crippen LogP contribution in [0, 0.1) is 0 Å². The molecule has 1 amide bonds. The third-order valence-corrected chi connectivity index (χ3v) is 4.79. The predicted octanol–water partition coefficient (Wildman–Crippen LogP) is -1.77. The van der Waals surface area contributed by atoms with Gasteiger partial charge in [0.25, 0.3) is 0 Å². The third kappa shape index (κ3) is 2.21. The molecule has 0 aromatic rings. The van der Waals surface area contributed by atoms with Crippen molar-refractivity contribution < 1.29 is 17.9 Å². The van der Waals surface area contributed by atoms with Crippen LogP contribution in [0.5, 0.6) is 0 Å². The van der Waals surface area contributed by atoms with E-state index in [1.54, 1.807) is 4.90 Å². The summed E-state index contributed by atoms with van der Waals surface area (Å²) in [6, 6.07) is -0.332. The average Bonchev–Trinajstić information content (AvgIpc) is 2.51. The number of sulfone groups is 1. The number of piperazine rings is 1. The second-order valence-electron chi connectivity index (χ2n) is 4.23. The number of fused-ring (bicyclic) bond motifs is 1. The summed E-state index contributed by atoms with van der Waals surface area (Å²) >= 11 is 0. The van der Waals surface area contributed by atoms with E-state index < -0.39 is 9.84 Å². The van der Waals surface area contributed by atoms with E-state index in [-0.39, 0.29) is 36.1 Å². The largest absolute Gasteiger partial charge is 0.375 e. The van der Waals surface area contributed by atoms with Gasteiger partial charge < -0.3 is 15.0 Å². The molecule has 2 aliphatic rings. The zero-order valence-electron chi connectivity index (χ0n) is 9.18. The highest BCUT2D eigenvalue weighted by molar-refractivity contribution is 7.91. The summed E-state index contributed by atoms with van der Waals surface area (Å²) in [6.45, 7) is 1.22. The molecule has 2 rings (SSSR count). The number of nitrogens with one attached hydrogen (secondary N) is 1. The summed E-state index contributed by atoms with van der Waals surface area (Å²) in [5.74, 6) is 0.0743. The lowest BCUT2D eigenvalue weighted by atomic mass is 10.1. The van der Waals surface area contributed by atoms with Crippen LogP contribution in [-0.4, -0.2) is 69.6 Å². The molecule has 7 heteroatoms. The molecule has 0 spiro atoms. The molecule has 0 aliphatic carbocycles. The van der Waals surface area contributed by atoms with Gasteiger partial charge in [-0.05, 0) is 0 Å². The van der Waals surface area contributed by atoms with E-state index in [4.69, 9.17) is 4.74 Å². The van der Waals surface area contributed by atoms with E-state index >= 15 is 0 Å². The summed E-state index contributed by atoms with van der Waals surface area (Å²) in [7, 11) is -1.55. The van der Waals surface area contributed by atoms with Crippen LogP contribution in [0.1, 0.15) is 0 Å².